The largest absolute Gasteiger partial charge is 0.478 e. The minimum Gasteiger partial charge on any atom is -0.478 e. The molecule has 2 rings (SSSR count). The van der Waals surface area contributed by atoms with Crippen LogP contribution in [0.1, 0.15) is 18.9 Å². The van der Waals surface area contributed by atoms with E-state index < -0.39 is 6.10 Å². The predicted molar refractivity (Wildman–Crippen MR) is 71.6 cm³/mol. The number of fused-ring (bicyclic) bond motifs is 1. The van der Waals surface area contributed by atoms with Gasteiger partial charge in [-0.15, -0.1) is 6.58 Å². The molecule has 4 heteroatoms. The number of carbonyl (C=O) groups excluding carboxylic acids is 1. The summed E-state index contributed by atoms with van der Waals surface area (Å²) in [4.78, 5) is 13.9. The highest BCUT2D eigenvalue weighted by molar-refractivity contribution is 6.00. The molecule has 2 N–H and O–H groups in total. The fourth-order valence-electron chi connectivity index (χ4n) is 2.07. The number of amides is 1. The minimum absolute atomic E-state index is 0.00889. The van der Waals surface area contributed by atoms with Gasteiger partial charge in [0.25, 0.3) is 5.91 Å². The van der Waals surface area contributed by atoms with Crippen LogP contribution in [-0.4, -0.2) is 18.6 Å². The first kappa shape index (κ1) is 12.6. The average molecular weight is 246 g/mol. The van der Waals surface area contributed by atoms with Gasteiger partial charge < -0.3 is 15.4 Å². The molecule has 1 heterocycles. The molecule has 0 radical (unpaired) electrons. The highest BCUT2D eigenvalue weighted by Gasteiger charge is 2.32. The lowest BCUT2D eigenvalue weighted by Crippen LogP contribution is -2.45. The van der Waals surface area contributed by atoms with Crippen molar-refractivity contribution in [1.29, 1.82) is 0 Å². The second-order valence-electron chi connectivity index (χ2n) is 4.26. The summed E-state index contributed by atoms with van der Waals surface area (Å²) < 4.78 is 5.73. The number of ether oxygens (including phenoxy) is 1. The van der Waals surface area contributed by atoms with E-state index in [1.807, 2.05) is 25.1 Å². The van der Waals surface area contributed by atoms with Crippen molar-refractivity contribution in [3.05, 3.63) is 36.4 Å². The predicted octanol–water partition coefficient (Wildman–Crippen LogP) is 1.84. The number of rotatable bonds is 4. The minimum atomic E-state index is -0.412. The van der Waals surface area contributed by atoms with Gasteiger partial charge in [0.1, 0.15) is 5.75 Å². The summed E-state index contributed by atoms with van der Waals surface area (Å²) >= 11 is 0. The lowest BCUT2D eigenvalue weighted by atomic mass is 10.1. The van der Waals surface area contributed by atoms with E-state index in [2.05, 4.69) is 6.58 Å². The molecule has 1 aromatic carbocycles. The maximum absolute atomic E-state index is 12.2. The molecule has 0 bridgehead atoms. The number of hydrogen-bond donors (Lipinski definition) is 1. The normalized spacial score (nSPS) is 18.2. The Morgan fingerprint density at radius 3 is 2.94 bits per heavy atom. The monoisotopic (exact) mass is 246 g/mol. The standard InChI is InChI=1S/C14H18N2O2/c1-3-7-16-11-6-5-10(9-15)8-13(11)18-12(4-2)14(16)17/h3,5-6,8,12H,1,4,7,9,15H2,2H3. The van der Waals surface area contributed by atoms with E-state index in [-0.39, 0.29) is 5.91 Å². The molecule has 1 aliphatic heterocycles. The first-order chi connectivity index (χ1) is 8.71. The van der Waals surface area contributed by atoms with Crippen molar-refractivity contribution >= 4 is 11.6 Å². The van der Waals surface area contributed by atoms with E-state index in [9.17, 15) is 4.79 Å². The van der Waals surface area contributed by atoms with Crippen LogP contribution >= 0.6 is 0 Å². The Morgan fingerprint density at radius 2 is 2.33 bits per heavy atom. The number of nitrogens with zero attached hydrogens (tertiary/aromatic N) is 1. The number of carbonyl (C=O) groups is 1. The zero-order valence-corrected chi connectivity index (χ0v) is 10.6. The van der Waals surface area contributed by atoms with E-state index >= 15 is 0 Å². The van der Waals surface area contributed by atoms with Crippen LogP contribution in [0.15, 0.2) is 30.9 Å². The summed E-state index contributed by atoms with van der Waals surface area (Å²) in [5, 5.41) is 0. The summed E-state index contributed by atoms with van der Waals surface area (Å²) in [5.41, 5.74) is 7.41. The third-order valence-corrected chi connectivity index (χ3v) is 3.04. The van der Waals surface area contributed by atoms with Gasteiger partial charge in [0.05, 0.1) is 5.69 Å². The Labute approximate surface area is 107 Å². The van der Waals surface area contributed by atoms with Crippen molar-refractivity contribution in [2.24, 2.45) is 5.73 Å². The van der Waals surface area contributed by atoms with Gasteiger partial charge in [-0.2, -0.15) is 0 Å². The molecule has 1 aromatic rings. The van der Waals surface area contributed by atoms with Crippen molar-refractivity contribution in [3.8, 4) is 5.75 Å². The summed E-state index contributed by atoms with van der Waals surface area (Å²) in [7, 11) is 0. The van der Waals surface area contributed by atoms with Crippen LogP contribution in [0.5, 0.6) is 5.75 Å². The first-order valence-electron chi connectivity index (χ1n) is 6.13. The van der Waals surface area contributed by atoms with E-state index in [0.717, 1.165) is 17.0 Å². The Balaban J connectivity index is 2.44. The highest BCUT2D eigenvalue weighted by Crippen LogP contribution is 2.35. The topological polar surface area (TPSA) is 55.6 Å². The molecule has 1 aliphatic rings. The first-order valence-corrected chi connectivity index (χ1v) is 6.13. The van der Waals surface area contributed by atoms with E-state index in [1.54, 1.807) is 11.0 Å². The molecule has 1 atom stereocenters. The Morgan fingerprint density at radius 1 is 1.56 bits per heavy atom. The van der Waals surface area contributed by atoms with Gasteiger partial charge in [0.15, 0.2) is 6.10 Å². The summed E-state index contributed by atoms with van der Waals surface area (Å²) in [6, 6.07) is 5.70. The van der Waals surface area contributed by atoms with Gasteiger partial charge >= 0.3 is 0 Å². The molecule has 0 aliphatic carbocycles. The third-order valence-electron chi connectivity index (χ3n) is 3.04. The Kier molecular flexibility index (Phi) is 3.67. The van der Waals surface area contributed by atoms with Crippen LogP contribution in [0.2, 0.25) is 0 Å². The fourth-order valence-corrected chi connectivity index (χ4v) is 2.07. The quantitative estimate of drug-likeness (QED) is 0.825. The second-order valence-corrected chi connectivity index (χ2v) is 4.26. The van der Waals surface area contributed by atoms with Crippen LogP contribution in [0.4, 0.5) is 5.69 Å². The molecule has 0 aromatic heterocycles. The third kappa shape index (κ3) is 2.11. The lowest BCUT2D eigenvalue weighted by molar-refractivity contribution is -0.126. The summed E-state index contributed by atoms with van der Waals surface area (Å²) in [5.74, 6) is 0.719. The molecule has 4 nitrogen and oxygen atoms in total. The highest BCUT2D eigenvalue weighted by atomic mass is 16.5. The van der Waals surface area contributed by atoms with Crippen LogP contribution in [-0.2, 0) is 11.3 Å². The second kappa shape index (κ2) is 5.23. The molecule has 18 heavy (non-hydrogen) atoms. The molecule has 0 saturated carbocycles. The number of hydrogen-bond acceptors (Lipinski definition) is 3. The van der Waals surface area contributed by atoms with Crippen LogP contribution < -0.4 is 15.4 Å². The van der Waals surface area contributed by atoms with Gasteiger partial charge in [0.2, 0.25) is 0 Å². The van der Waals surface area contributed by atoms with E-state index in [1.165, 1.54) is 0 Å². The molecule has 1 amide bonds. The zero-order valence-electron chi connectivity index (χ0n) is 10.6. The van der Waals surface area contributed by atoms with Crippen molar-refractivity contribution in [3.63, 3.8) is 0 Å². The molecule has 0 saturated heterocycles. The Bertz CT molecular complexity index is 471. The molecular weight excluding hydrogens is 228 g/mol. The lowest BCUT2D eigenvalue weighted by Gasteiger charge is -2.33. The van der Waals surface area contributed by atoms with Crippen molar-refractivity contribution < 1.29 is 9.53 Å². The average Bonchev–Trinajstić information content (AvgIpc) is 2.41. The molecular formula is C14H18N2O2. The smallest absolute Gasteiger partial charge is 0.268 e. The number of anilines is 1. The van der Waals surface area contributed by atoms with Crippen molar-refractivity contribution in [1.82, 2.24) is 0 Å². The van der Waals surface area contributed by atoms with Crippen molar-refractivity contribution in [2.75, 3.05) is 11.4 Å². The summed E-state index contributed by atoms with van der Waals surface area (Å²) in [6.45, 7) is 6.58. The van der Waals surface area contributed by atoms with Gasteiger partial charge in [-0.3, -0.25) is 4.79 Å². The number of nitrogens with two attached hydrogens (primary N) is 1. The number of benzene rings is 1. The van der Waals surface area contributed by atoms with Crippen molar-refractivity contribution in [2.45, 2.75) is 26.0 Å². The molecule has 96 valence electrons. The fraction of sp³-hybridized carbons (Fsp3) is 0.357. The molecule has 0 spiro atoms. The van der Waals surface area contributed by atoms with Crippen LogP contribution in [0.25, 0.3) is 0 Å². The molecule has 1 unspecified atom stereocenters. The van der Waals surface area contributed by atoms with Gasteiger partial charge in [-0.1, -0.05) is 19.1 Å². The molecule has 0 fully saturated rings. The van der Waals surface area contributed by atoms with Gasteiger partial charge in [-0.05, 0) is 24.1 Å². The van der Waals surface area contributed by atoms with E-state index in [0.29, 0.717) is 19.5 Å². The van der Waals surface area contributed by atoms with Gasteiger partial charge in [0, 0.05) is 13.1 Å². The van der Waals surface area contributed by atoms with Crippen LogP contribution in [0.3, 0.4) is 0 Å². The maximum Gasteiger partial charge on any atom is 0.268 e. The summed E-state index contributed by atoms with van der Waals surface area (Å²) in [6.07, 6.45) is 1.96. The Hall–Kier alpha value is -1.81. The zero-order chi connectivity index (χ0) is 13.1. The van der Waals surface area contributed by atoms with E-state index in [4.69, 9.17) is 10.5 Å². The maximum atomic E-state index is 12.2. The van der Waals surface area contributed by atoms with Gasteiger partial charge in [-0.25, -0.2) is 0 Å². The SMILES string of the molecule is C=CCN1C(=O)C(CC)Oc2cc(CN)ccc21. The van der Waals surface area contributed by atoms with Crippen LogP contribution in [0, 0.1) is 0 Å².